The summed E-state index contributed by atoms with van der Waals surface area (Å²) in [4.78, 5) is 4.23. The average Bonchev–Trinajstić information content (AvgIpc) is 2.56. The van der Waals surface area contributed by atoms with E-state index >= 15 is 0 Å². The number of ether oxygens (including phenoxy) is 1. The Morgan fingerprint density at radius 1 is 0.885 bits per heavy atom. The topological polar surface area (TPSA) is 63.3 Å². The van der Waals surface area contributed by atoms with Crippen molar-refractivity contribution in [3.63, 3.8) is 0 Å². The Morgan fingerprint density at radius 3 is 2.12 bits per heavy atom. The van der Waals surface area contributed by atoms with Crippen molar-refractivity contribution in [3.05, 3.63) is 58.1 Å². The van der Waals surface area contributed by atoms with Crippen molar-refractivity contribution >= 4 is 0 Å². The van der Waals surface area contributed by atoms with Gasteiger partial charge in [0.05, 0.1) is 11.1 Å². The molecule has 0 aliphatic carbocycles. The van der Waals surface area contributed by atoms with E-state index in [-0.39, 0.29) is 0 Å². The van der Waals surface area contributed by atoms with Crippen molar-refractivity contribution in [2.75, 3.05) is 28.2 Å². The van der Waals surface area contributed by atoms with Gasteiger partial charge in [-0.3, -0.25) is 0 Å². The summed E-state index contributed by atoms with van der Waals surface area (Å²) in [7, 11) is 8.14. The normalized spacial score (nSPS) is 10.7. The standard InChI is InChI=1S/C21H24N4O/c1-15-8-16(13-24(2)3)9-19(14-25(4)5)21(15)26-20-7-6-17(11-22)18(10-20)12-23/h6-10H,13-14H2,1-5H3. The molecule has 0 saturated carbocycles. The highest BCUT2D eigenvalue weighted by atomic mass is 16.5. The summed E-state index contributed by atoms with van der Waals surface area (Å²) in [5.74, 6) is 1.36. The van der Waals surface area contributed by atoms with Crippen molar-refractivity contribution in [3.8, 4) is 23.6 Å². The zero-order chi connectivity index (χ0) is 19.3. The fraction of sp³-hybridized carbons (Fsp3) is 0.333. The molecule has 2 rings (SSSR count). The van der Waals surface area contributed by atoms with Gasteiger partial charge in [-0.2, -0.15) is 10.5 Å². The van der Waals surface area contributed by atoms with E-state index in [1.165, 1.54) is 5.56 Å². The van der Waals surface area contributed by atoms with Crippen LogP contribution in [0.4, 0.5) is 0 Å². The average molecular weight is 348 g/mol. The maximum Gasteiger partial charge on any atom is 0.134 e. The van der Waals surface area contributed by atoms with Gasteiger partial charge in [-0.15, -0.1) is 0 Å². The van der Waals surface area contributed by atoms with Gasteiger partial charge in [0.1, 0.15) is 23.6 Å². The van der Waals surface area contributed by atoms with Crippen molar-refractivity contribution in [2.24, 2.45) is 0 Å². The second-order valence-electron chi connectivity index (χ2n) is 6.91. The van der Waals surface area contributed by atoms with Gasteiger partial charge >= 0.3 is 0 Å². The molecule has 0 unspecified atom stereocenters. The zero-order valence-corrected chi connectivity index (χ0v) is 16.0. The van der Waals surface area contributed by atoms with Crippen LogP contribution in [-0.4, -0.2) is 38.0 Å². The monoisotopic (exact) mass is 348 g/mol. The first-order valence-corrected chi connectivity index (χ1v) is 8.38. The molecule has 0 aliphatic rings. The molecule has 26 heavy (non-hydrogen) atoms. The van der Waals surface area contributed by atoms with E-state index in [1.54, 1.807) is 18.2 Å². The Morgan fingerprint density at radius 2 is 1.54 bits per heavy atom. The molecule has 0 aliphatic heterocycles. The van der Waals surface area contributed by atoms with E-state index in [9.17, 15) is 5.26 Å². The maximum atomic E-state index is 9.22. The molecular formula is C21H24N4O. The molecule has 0 spiro atoms. The van der Waals surface area contributed by atoms with E-state index in [1.807, 2.05) is 47.3 Å². The molecule has 2 aromatic carbocycles. The first kappa shape index (κ1) is 19.5. The molecule has 0 amide bonds. The Hall–Kier alpha value is -2.86. The predicted molar refractivity (Wildman–Crippen MR) is 102 cm³/mol. The minimum absolute atomic E-state index is 0.320. The fourth-order valence-corrected chi connectivity index (χ4v) is 2.88. The lowest BCUT2D eigenvalue weighted by Crippen LogP contribution is -2.14. The van der Waals surface area contributed by atoms with Crippen LogP contribution in [0.3, 0.4) is 0 Å². The highest BCUT2D eigenvalue weighted by Gasteiger charge is 2.13. The van der Waals surface area contributed by atoms with E-state index in [2.05, 4.69) is 21.9 Å². The molecule has 0 N–H and O–H groups in total. The van der Waals surface area contributed by atoms with Crippen molar-refractivity contribution < 1.29 is 4.74 Å². The third kappa shape index (κ3) is 4.83. The van der Waals surface area contributed by atoms with Crippen LogP contribution >= 0.6 is 0 Å². The lowest BCUT2D eigenvalue weighted by molar-refractivity contribution is 0.383. The Bertz CT molecular complexity index is 873. The largest absolute Gasteiger partial charge is 0.457 e. The van der Waals surface area contributed by atoms with Crippen LogP contribution in [0, 0.1) is 29.6 Å². The fourth-order valence-electron chi connectivity index (χ4n) is 2.88. The van der Waals surface area contributed by atoms with Gasteiger partial charge in [-0.25, -0.2) is 0 Å². The second-order valence-corrected chi connectivity index (χ2v) is 6.91. The van der Waals surface area contributed by atoms with Crippen LogP contribution in [0.1, 0.15) is 27.8 Å². The second kappa shape index (κ2) is 8.49. The number of benzene rings is 2. The molecule has 0 radical (unpaired) electrons. The first-order chi connectivity index (χ1) is 12.3. The SMILES string of the molecule is Cc1cc(CN(C)C)cc(CN(C)C)c1Oc1ccc(C#N)c(C#N)c1. The summed E-state index contributed by atoms with van der Waals surface area (Å²) in [6.45, 7) is 3.64. The molecule has 0 atom stereocenters. The van der Waals surface area contributed by atoms with E-state index in [4.69, 9.17) is 10.00 Å². The summed E-state index contributed by atoms with van der Waals surface area (Å²) in [6, 6.07) is 13.3. The summed E-state index contributed by atoms with van der Waals surface area (Å²) >= 11 is 0. The molecular weight excluding hydrogens is 324 g/mol. The van der Waals surface area contributed by atoms with Gasteiger partial charge in [-0.05, 0) is 70.5 Å². The van der Waals surface area contributed by atoms with Crippen LogP contribution in [0.2, 0.25) is 0 Å². The van der Waals surface area contributed by atoms with Gasteiger partial charge in [0.15, 0.2) is 0 Å². The van der Waals surface area contributed by atoms with Gasteiger partial charge in [0.2, 0.25) is 0 Å². The quantitative estimate of drug-likeness (QED) is 0.797. The van der Waals surface area contributed by atoms with Gasteiger partial charge in [0, 0.05) is 18.7 Å². The first-order valence-electron chi connectivity index (χ1n) is 8.38. The number of nitrogens with zero attached hydrogens (tertiary/aromatic N) is 4. The molecule has 5 heteroatoms. The predicted octanol–water partition coefficient (Wildman–Crippen LogP) is 3.65. The third-order valence-electron chi connectivity index (χ3n) is 3.85. The molecule has 5 nitrogen and oxygen atoms in total. The van der Waals surface area contributed by atoms with E-state index < -0.39 is 0 Å². The van der Waals surface area contributed by atoms with E-state index in [0.717, 1.165) is 30.0 Å². The van der Waals surface area contributed by atoms with Crippen molar-refractivity contribution in [1.82, 2.24) is 9.80 Å². The Balaban J connectivity index is 2.45. The molecule has 0 saturated heterocycles. The van der Waals surface area contributed by atoms with Gasteiger partial charge < -0.3 is 14.5 Å². The Kier molecular flexibility index (Phi) is 6.36. The lowest BCUT2D eigenvalue weighted by Gasteiger charge is -2.20. The minimum atomic E-state index is 0.320. The van der Waals surface area contributed by atoms with Gasteiger partial charge in [0.25, 0.3) is 0 Å². The number of hydrogen-bond donors (Lipinski definition) is 0. The number of hydrogen-bond acceptors (Lipinski definition) is 5. The van der Waals surface area contributed by atoms with Crippen LogP contribution in [0.5, 0.6) is 11.5 Å². The number of aryl methyl sites for hydroxylation is 1. The minimum Gasteiger partial charge on any atom is -0.457 e. The van der Waals surface area contributed by atoms with Crippen LogP contribution in [0.25, 0.3) is 0 Å². The molecule has 0 aromatic heterocycles. The summed E-state index contributed by atoms with van der Waals surface area (Å²) in [5.41, 5.74) is 4.04. The number of nitriles is 2. The number of rotatable bonds is 6. The van der Waals surface area contributed by atoms with E-state index in [0.29, 0.717) is 16.9 Å². The zero-order valence-electron chi connectivity index (χ0n) is 16.0. The van der Waals surface area contributed by atoms with Crippen LogP contribution < -0.4 is 4.74 Å². The highest BCUT2D eigenvalue weighted by Crippen LogP contribution is 2.32. The summed E-state index contributed by atoms with van der Waals surface area (Å²) < 4.78 is 6.14. The lowest BCUT2D eigenvalue weighted by atomic mass is 10.0. The Labute approximate surface area is 155 Å². The van der Waals surface area contributed by atoms with Crippen molar-refractivity contribution in [2.45, 2.75) is 20.0 Å². The van der Waals surface area contributed by atoms with Gasteiger partial charge in [-0.1, -0.05) is 6.07 Å². The van der Waals surface area contributed by atoms with Crippen molar-refractivity contribution in [1.29, 1.82) is 10.5 Å². The molecule has 0 heterocycles. The molecule has 0 fully saturated rings. The molecule has 0 bridgehead atoms. The van der Waals surface area contributed by atoms with Crippen LogP contribution in [0.15, 0.2) is 30.3 Å². The molecule has 134 valence electrons. The summed E-state index contributed by atoms with van der Waals surface area (Å²) in [6.07, 6.45) is 0. The third-order valence-corrected chi connectivity index (χ3v) is 3.85. The highest BCUT2D eigenvalue weighted by molar-refractivity contribution is 5.52. The summed E-state index contributed by atoms with van der Waals surface area (Å²) in [5, 5.41) is 18.3. The van der Waals surface area contributed by atoms with Crippen LogP contribution in [-0.2, 0) is 13.1 Å². The smallest absolute Gasteiger partial charge is 0.134 e. The molecule has 2 aromatic rings. The maximum absolute atomic E-state index is 9.22.